The molecule has 0 bridgehead atoms. The van der Waals surface area contributed by atoms with Crippen molar-refractivity contribution >= 4 is 16.9 Å². The molecule has 0 fully saturated rings. The van der Waals surface area contributed by atoms with Gasteiger partial charge in [0, 0.05) is 5.39 Å². The number of hydrogen-bond donors (Lipinski definition) is 0. The number of rotatable bonds is 2. The number of para-hydroxylation sites is 1. The second kappa shape index (κ2) is 4.41. The Hall–Kier alpha value is -2.10. The number of fused-ring (bicyclic) bond motifs is 1. The molecule has 1 heterocycles. The monoisotopic (exact) mass is 232 g/mol. The lowest BCUT2D eigenvalue weighted by Gasteiger charge is -2.03. The maximum absolute atomic E-state index is 11.6. The van der Waals surface area contributed by atoms with E-state index >= 15 is 0 Å². The number of ether oxygens (including phenoxy) is 1. The quantitative estimate of drug-likeness (QED) is 0.588. The molecule has 0 saturated heterocycles. The summed E-state index contributed by atoms with van der Waals surface area (Å²) in [5.41, 5.74) is 0.635. The summed E-state index contributed by atoms with van der Waals surface area (Å²) in [6, 6.07) is 6.97. The lowest BCUT2D eigenvalue weighted by Crippen LogP contribution is -2.16. The highest BCUT2D eigenvalue weighted by molar-refractivity contribution is 5.93. The Morgan fingerprint density at radius 2 is 2.18 bits per heavy atom. The van der Waals surface area contributed by atoms with E-state index in [0.29, 0.717) is 11.0 Å². The van der Waals surface area contributed by atoms with E-state index in [1.807, 2.05) is 19.1 Å². The summed E-state index contributed by atoms with van der Waals surface area (Å²) < 4.78 is 9.92. The average molecular weight is 232 g/mol. The van der Waals surface area contributed by atoms with Crippen LogP contribution in [-0.2, 0) is 4.74 Å². The Labute approximate surface area is 97.8 Å². The van der Waals surface area contributed by atoms with Crippen LogP contribution in [0.1, 0.15) is 22.8 Å². The van der Waals surface area contributed by atoms with Crippen LogP contribution < -0.4 is 5.63 Å². The van der Waals surface area contributed by atoms with Crippen LogP contribution in [0.4, 0.5) is 0 Å². The van der Waals surface area contributed by atoms with Crippen molar-refractivity contribution in [2.45, 2.75) is 13.8 Å². The molecule has 88 valence electrons. The Morgan fingerprint density at radius 1 is 1.41 bits per heavy atom. The third kappa shape index (κ3) is 2.06. The maximum Gasteiger partial charge on any atom is 0.351 e. The number of esters is 1. The van der Waals surface area contributed by atoms with Crippen molar-refractivity contribution in [3.05, 3.63) is 45.8 Å². The minimum atomic E-state index is -0.662. The number of aryl methyl sites for hydroxylation is 1. The van der Waals surface area contributed by atoms with E-state index in [2.05, 4.69) is 0 Å². The van der Waals surface area contributed by atoms with E-state index < -0.39 is 11.6 Å². The molecule has 0 unspecified atom stereocenters. The number of hydrogen-bond acceptors (Lipinski definition) is 4. The van der Waals surface area contributed by atoms with E-state index in [1.54, 1.807) is 13.0 Å². The van der Waals surface area contributed by atoms with Gasteiger partial charge in [-0.3, -0.25) is 0 Å². The van der Waals surface area contributed by atoms with Crippen molar-refractivity contribution in [2.24, 2.45) is 0 Å². The van der Waals surface area contributed by atoms with Crippen LogP contribution in [-0.4, -0.2) is 12.6 Å². The SMILES string of the molecule is CCOC(=O)c1cc2cccc(C)c2oc1=O. The first-order valence-electron chi connectivity index (χ1n) is 5.34. The van der Waals surface area contributed by atoms with Crippen LogP contribution >= 0.6 is 0 Å². The van der Waals surface area contributed by atoms with Crippen molar-refractivity contribution in [1.82, 2.24) is 0 Å². The van der Waals surface area contributed by atoms with Crippen molar-refractivity contribution in [3.63, 3.8) is 0 Å². The zero-order chi connectivity index (χ0) is 12.4. The second-order valence-electron chi connectivity index (χ2n) is 3.66. The number of carbonyl (C=O) groups excluding carboxylic acids is 1. The van der Waals surface area contributed by atoms with Gasteiger partial charge in [0.05, 0.1) is 6.61 Å². The fourth-order valence-electron chi connectivity index (χ4n) is 1.64. The molecule has 4 nitrogen and oxygen atoms in total. The van der Waals surface area contributed by atoms with Crippen LogP contribution in [0.15, 0.2) is 33.5 Å². The van der Waals surface area contributed by atoms with Gasteiger partial charge in [0.1, 0.15) is 11.1 Å². The van der Waals surface area contributed by atoms with Crippen LogP contribution in [0.5, 0.6) is 0 Å². The molecule has 0 N–H and O–H groups in total. The van der Waals surface area contributed by atoms with Gasteiger partial charge in [-0.05, 0) is 25.5 Å². The number of carbonyl (C=O) groups is 1. The van der Waals surface area contributed by atoms with Gasteiger partial charge in [-0.2, -0.15) is 0 Å². The molecule has 2 rings (SSSR count). The zero-order valence-electron chi connectivity index (χ0n) is 9.65. The molecule has 1 aromatic carbocycles. The fourth-order valence-corrected chi connectivity index (χ4v) is 1.64. The average Bonchev–Trinajstić information content (AvgIpc) is 2.30. The Kier molecular flexibility index (Phi) is 2.95. The van der Waals surface area contributed by atoms with Crippen molar-refractivity contribution in [2.75, 3.05) is 6.61 Å². The van der Waals surface area contributed by atoms with E-state index in [1.165, 1.54) is 6.07 Å². The summed E-state index contributed by atoms with van der Waals surface area (Å²) in [5.74, 6) is -0.648. The van der Waals surface area contributed by atoms with Crippen LogP contribution in [0.3, 0.4) is 0 Å². The molecule has 17 heavy (non-hydrogen) atoms. The van der Waals surface area contributed by atoms with Crippen molar-refractivity contribution in [3.8, 4) is 0 Å². The molecule has 0 aliphatic heterocycles. The van der Waals surface area contributed by atoms with E-state index in [-0.39, 0.29) is 12.2 Å². The molecule has 2 aromatic rings. The summed E-state index contributed by atoms with van der Waals surface area (Å²) >= 11 is 0. The third-order valence-electron chi connectivity index (χ3n) is 2.45. The first-order chi connectivity index (χ1) is 8.13. The first kappa shape index (κ1) is 11.4. The molecule has 1 aromatic heterocycles. The third-order valence-corrected chi connectivity index (χ3v) is 2.45. The van der Waals surface area contributed by atoms with Gasteiger partial charge in [0.15, 0.2) is 0 Å². The predicted molar refractivity (Wildman–Crippen MR) is 63.2 cm³/mol. The van der Waals surface area contributed by atoms with Gasteiger partial charge in [0.2, 0.25) is 0 Å². The largest absolute Gasteiger partial charge is 0.462 e. The zero-order valence-corrected chi connectivity index (χ0v) is 9.65. The van der Waals surface area contributed by atoms with E-state index in [0.717, 1.165) is 5.56 Å². The van der Waals surface area contributed by atoms with Gasteiger partial charge in [-0.25, -0.2) is 9.59 Å². The minimum Gasteiger partial charge on any atom is -0.462 e. The van der Waals surface area contributed by atoms with Gasteiger partial charge >= 0.3 is 11.6 Å². The first-order valence-corrected chi connectivity index (χ1v) is 5.34. The minimum absolute atomic E-state index is 0.0649. The second-order valence-corrected chi connectivity index (χ2v) is 3.66. The molecule has 0 radical (unpaired) electrons. The van der Waals surface area contributed by atoms with Gasteiger partial charge in [-0.1, -0.05) is 18.2 Å². The molecule has 0 saturated carbocycles. The van der Waals surface area contributed by atoms with Crippen LogP contribution in [0.25, 0.3) is 11.0 Å². The van der Waals surface area contributed by atoms with Crippen molar-refractivity contribution in [1.29, 1.82) is 0 Å². The summed E-state index contributed by atoms with van der Waals surface area (Å²) in [7, 11) is 0. The fraction of sp³-hybridized carbons (Fsp3) is 0.231. The van der Waals surface area contributed by atoms with Gasteiger partial charge in [-0.15, -0.1) is 0 Å². The summed E-state index contributed by atoms with van der Waals surface area (Å²) in [5, 5.41) is 0.715. The highest BCUT2D eigenvalue weighted by Gasteiger charge is 2.14. The highest BCUT2D eigenvalue weighted by atomic mass is 16.5. The molecular weight excluding hydrogens is 220 g/mol. The molecule has 0 aliphatic carbocycles. The highest BCUT2D eigenvalue weighted by Crippen LogP contribution is 2.17. The van der Waals surface area contributed by atoms with Crippen molar-refractivity contribution < 1.29 is 13.9 Å². The normalized spacial score (nSPS) is 10.5. The van der Waals surface area contributed by atoms with Crippen LogP contribution in [0, 0.1) is 6.92 Å². The summed E-state index contributed by atoms with van der Waals surface area (Å²) in [4.78, 5) is 23.1. The molecule has 0 spiro atoms. The lowest BCUT2D eigenvalue weighted by molar-refractivity contribution is 0.0522. The topological polar surface area (TPSA) is 56.5 Å². The smallest absolute Gasteiger partial charge is 0.351 e. The lowest BCUT2D eigenvalue weighted by atomic mass is 10.1. The predicted octanol–water partition coefficient (Wildman–Crippen LogP) is 2.28. The molecule has 4 heteroatoms. The van der Waals surface area contributed by atoms with Crippen LogP contribution in [0.2, 0.25) is 0 Å². The van der Waals surface area contributed by atoms with Gasteiger partial charge < -0.3 is 9.15 Å². The Morgan fingerprint density at radius 3 is 2.88 bits per heavy atom. The van der Waals surface area contributed by atoms with E-state index in [4.69, 9.17) is 9.15 Å². The molecule has 0 atom stereocenters. The standard InChI is InChI=1S/C13H12O4/c1-3-16-12(14)10-7-9-6-4-5-8(2)11(9)17-13(10)15/h4-7H,3H2,1-2H3. The maximum atomic E-state index is 11.6. The molecule has 0 aliphatic rings. The Bertz CT molecular complexity index is 625. The Balaban J connectivity index is 2.64. The molecular formula is C13H12O4. The number of benzene rings is 1. The summed E-state index contributed by atoms with van der Waals surface area (Å²) in [6.07, 6.45) is 0. The summed E-state index contributed by atoms with van der Waals surface area (Å²) in [6.45, 7) is 3.75. The van der Waals surface area contributed by atoms with Gasteiger partial charge in [0.25, 0.3) is 0 Å². The van der Waals surface area contributed by atoms with E-state index in [9.17, 15) is 9.59 Å². The molecule has 0 amide bonds.